The third-order valence-electron chi connectivity index (χ3n) is 3.60. The van der Waals surface area contributed by atoms with Crippen LogP contribution in [0.1, 0.15) is 19.3 Å². The van der Waals surface area contributed by atoms with Gasteiger partial charge in [0.2, 0.25) is 5.91 Å². The quantitative estimate of drug-likeness (QED) is 0.859. The number of pyridine rings is 1. The van der Waals surface area contributed by atoms with E-state index in [9.17, 15) is 4.79 Å². The molecule has 0 saturated heterocycles. The molecule has 1 aromatic rings. The van der Waals surface area contributed by atoms with Gasteiger partial charge in [0.25, 0.3) is 0 Å². The van der Waals surface area contributed by atoms with Gasteiger partial charge in [0, 0.05) is 19.2 Å². The molecule has 0 radical (unpaired) electrons. The van der Waals surface area contributed by atoms with E-state index in [1.807, 2.05) is 18.2 Å². The number of anilines is 1. The number of nitrogens with two attached hydrogens (primary N) is 1. The second kappa shape index (κ2) is 5.27. The average Bonchev–Trinajstić information content (AvgIpc) is 2.86. The number of hydrogen-bond donors (Lipinski definition) is 1. The van der Waals surface area contributed by atoms with Crippen LogP contribution in [0.15, 0.2) is 24.4 Å². The molecule has 92 valence electrons. The van der Waals surface area contributed by atoms with Gasteiger partial charge in [-0.2, -0.15) is 0 Å². The highest BCUT2D eigenvalue weighted by molar-refractivity contribution is 5.93. The lowest BCUT2D eigenvalue weighted by Gasteiger charge is -2.23. The van der Waals surface area contributed by atoms with E-state index >= 15 is 0 Å². The first-order valence-electron chi connectivity index (χ1n) is 6.12. The molecule has 1 fully saturated rings. The van der Waals surface area contributed by atoms with E-state index in [0.29, 0.717) is 18.3 Å². The molecule has 0 aliphatic heterocycles. The van der Waals surface area contributed by atoms with Crippen LogP contribution in [0.4, 0.5) is 5.82 Å². The minimum atomic E-state index is 0.0759. The maximum atomic E-state index is 12.3. The van der Waals surface area contributed by atoms with Gasteiger partial charge in [0.05, 0.1) is 0 Å². The molecule has 2 unspecified atom stereocenters. The zero-order valence-corrected chi connectivity index (χ0v) is 10.2. The molecule has 1 saturated carbocycles. The molecule has 0 spiro atoms. The van der Waals surface area contributed by atoms with Gasteiger partial charge >= 0.3 is 0 Å². The third-order valence-corrected chi connectivity index (χ3v) is 3.60. The highest BCUT2D eigenvalue weighted by Gasteiger charge is 2.34. The molecule has 0 bridgehead atoms. The second-order valence-electron chi connectivity index (χ2n) is 4.62. The summed E-state index contributed by atoms with van der Waals surface area (Å²) in [6.07, 6.45) is 4.84. The average molecular weight is 233 g/mol. The van der Waals surface area contributed by atoms with E-state index in [2.05, 4.69) is 4.98 Å². The van der Waals surface area contributed by atoms with E-state index in [1.165, 1.54) is 0 Å². The van der Waals surface area contributed by atoms with Crippen molar-refractivity contribution in [2.75, 3.05) is 18.5 Å². The summed E-state index contributed by atoms with van der Waals surface area (Å²) in [6.45, 7) is 0.604. The molecule has 2 rings (SSSR count). The summed E-state index contributed by atoms with van der Waals surface area (Å²) in [4.78, 5) is 18.2. The molecular formula is C13H19N3O. The molecule has 1 aliphatic rings. The van der Waals surface area contributed by atoms with E-state index in [1.54, 1.807) is 18.1 Å². The Morgan fingerprint density at radius 2 is 2.35 bits per heavy atom. The number of carbonyl (C=O) groups is 1. The Morgan fingerprint density at radius 1 is 1.53 bits per heavy atom. The molecule has 4 heteroatoms. The summed E-state index contributed by atoms with van der Waals surface area (Å²) in [5.74, 6) is 1.28. The first-order chi connectivity index (χ1) is 8.24. The van der Waals surface area contributed by atoms with Crippen LogP contribution >= 0.6 is 0 Å². The van der Waals surface area contributed by atoms with Crippen molar-refractivity contribution >= 4 is 11.7 Å². The smallest absolute Gasteiger partial charge is 0.231 e. The Kier molecular flexibility index (Phi) is 3.74. The minimum Gasteiger partial charge on any atom is -0.330 e. The fourth-order valence-corrected chi connectivity index (χ4v) is 2.56. The number of aromatic nitrogens is 1. The zero-order valence-electron chi connectivity index (χ0n) is 10.2. The molecule has 2 atom stereocenters. The van der Waals surface area contributed by atoms with Gasteiger partial charge in [0.15, 0.2) is 0 Å². The molecule has 17 heavy (non-hydrogen) atoms. The van der Waals surface area contributed by atoms with E-state index in [0.717, 1.165) is 19.3 Å². The van der Waals surface area contributed by atoms with E-state index < -0.39 is 0 Å². The predicted molar refractivity (Wildman–Crippen MR) is 67.5 cm³/mol. The van der Waals surface area contributed by atoms with Crippen molar-refractivity contribution in [1.29, 1.82) is 0 Å². The topological polar surface area (TPSA) is 59.2 Å². The van der Waals surface area contributed by atoms with Crippen LogP contribution in [0.2, 0.25) is 0 Å². The van der Waals surface area contributed by atoms with Crippen LogP contribution in [-0.4, -0.2) is 24.5 Å². The minimum absolute atomic E-state index is 0.0759. The Hall–Kier alpha value is -1.42. The van der Waals surface area contributed by atoms with Gasteiger partial charge in [-0.25, -0.2) is 4.98 Å². The fourth-order valence-electron chi connectivity index (χ4n) is 2.56. The molecule has 1 amide bonds. The fraction of sp³-hybridized carbons (Fsp3) is 0.538. The van der Waals surface area contributed by atoms with Gasteiger partial charge in [-0.1, -0.05) is 12.5 Å². The summed E-state index contributed by atoms with van der Waals surface area (Å²) in [7, 11) is 1.79. The molecule has 1 aliphatic carbocycles. The van der Waals surface area contributed by atoms with Crippen LogP contribution in [0.3, 0.4) is 0 Å². The third kappa shape index (κ3) is 2.47. The number of carbonyl (C=O) groups excluding carboxylic acids is 1. The SMILES string of the molecule is CN(C(=O)C1CCCC1CN)c1ccccn1. The lowest BCUT2D eigenvalue weighted by Crippen LogP contribution is -2.37. The Labute approximate surface area is 102 Å². The summed E-state index contributed by atoms with van der Waals surface area (Å²) in [5, 5.41) is 0. The van der Waals surface area contributed by atoms with Crippen molar-refractivity contribution in [1.82, 2.24) is 4.98 Å². The number of hydrogen-bond acceptors (Lipinski definition) is 3. The highest BCUT2D eigenvalue weighted by Crippen LogP contribution is 2.32. The summed E-state index contributed by atoms with van der Waals surface area (Å²) in [6, 6.07) is 5.59. The van der Waals surface area contributed by atoms with Gasteiger partial charge < -0.3 is 5.73 Å². The van der Waals surface area contributed by atoms with Crippen LogP contribution in [0.5, 0.6) is 0 Å². The summed E-state index contributed by atoms with van der Waals surface area (Å²) in [5.41, 5.74) is 5.71. The summed E-state index contributed by atoms with van der Waals surface area (Å²) < 4.78 is 0. The molecule has 4 nitrogen and oxygen atoms in total. The monoisotopic (exact) mass is 233 g/mol. The predicted octanol–water partition coefficient (Wildman–Crippen LogP) is 1.42. The molecular weight excluding hydrogens is 214 g/mol. The van der Waals surface area contributed by atoms with Gasteiger partial charge in [-0.3, -0.25) is 9.69 Å². The normalized spacial score (nSPS) is 23.6. The lowest BCUT2D eigenvalue weighted by atomic mass is 9.95. The Balaban J connectivity index is 2.10. The van der Waals surface area contributed by atoms with Crippen molar-refractivity contribution in [2.45, 2.75) is 19.3 Å². The van der Waals surface area contributed by atoms with E-state index in [-0.39, 0.29) is 11.8 Å². The van der Waals surface area contributed by atoms with Crippen LogP contribution in [-0.2, 0) is 4.79 Å². The number of nitrogens with zero attached hydrogens (tertiary/aromatic N) is 2. The van der Waals surface area contributed by atoms with E-state index in [4.69, 9.17) is 5.73 Å². The van der Waals surface area contributed by atoms with Crippen molar-refractivity contribution in [3.05, 3.63) is 24.4 Å². The van der Waals surface area contributed by atoms with Crippen LogP contribution in [0, 0.1) is 11.8 Å². The van der Waals surface area contributed by atoms with Crippen molar-refractivity contribution in [3.8, 4) is 0 Å². The molecule has 2 N–H and O–H groups in total. The zero-order chi connectivity index (χ0) is 12.3. The standard InChI is InChI=1S/C13H19N3O/c1-16(12-7-2-3-8-15-12)13(17)11-6-4-5-10(11)9-14/h2-3,7-8,10-11H,4-6,9,14H2,1H3. The maximum Gasteiger partial charge on any atom is 0.231 e. The first kappa shape index (κ1) is 12.0. The van der Waals surface area contributed by atoms with Gasteiger partial charge in [0.1, 0.15) is 5.82 Å². The van der Waals surface area contributed by atoms with Gasteiger partial charge in [-0.15, -0.1) is 0 Å². The number of rotatable bonds is 3. The molecule has 0 aromatic carbocycles. The van der Waals surface area contributed by atoms with Crippen molar-refractivity contribution in [2.24, 2.45) is 17.6 Å². The maximum absolute atomic E-state index is 12.3. The second-order valence-corrected chi connectivity index (χ2v) is 4.62. The van der Waals surface area contributed by atoms with Crippen LogP contribution < -0.4 is 10.6 Å². The first-order valence-corrected chi connectivity index (χ1v) is 6.12. The highest BCUT2D eigenvalue weighted by atomic mass is 16.2. The van der Waals surface area contributed by atoms with Gasteiger partial charge in [-0.05, 0) is 37.4 Å². The van der Waals surface area contributed by atoms with Crippen molar-refractivity contribution < 1.29 is 4.79 Å². The molecule has 1 aromatic heterocycles. The summed E-state index contributed by atoms with van der Waals surface area (Å²) >= 11 is 0. The van der Waals surface area contributed by atoms with Crippen molar-refractivity contribution in [3.63, 3.8) is 0 Å². The lowest BCUT2D eigenvalue weighted by molar-refractivity contribution is -0.123. The number of amides is 1. The molecule has 1 heterocycles. The largest absolute Gasteiger partial charge is 0.330 e. The Morgan fingerprint density at radius 3 is 3.00 bits per heavy atom. The Bertz CT molecular complexity index is 380. The van der Waals surface area contributed by atoms with Crippen LogP contribution in [0.25, 0.3) is 0 Å².